The molecule has 7 heteroatoms. The zero-order valence-corrected chi connectivity index (χ0v) is 18.1. The Balaban J connectivity index is 1.55. The van der Waals surface area contributed by atoms with Crippen LogP contribution in [-0.2, 0) is 11.2 Å². The van der Waals surface area contributed by atoms with Crippen LogP contribution >= 0.6 is 11.6 Å². The Kier molecular flexibility index (Phi) is 5.25. The van der Waals surface area contributed by atoms with Gasteiger partial charge in [-0.25, -0.2) is 4.68 Å². The number of hydrogen-bond donors (Lipinski definition) is 1. The standard InChI is InChI=1S/C26H17ClN4O2/c27-17-8-6-9-18(14-17)29-26(33)22(15-28)25(32)23-21-13-16-7-4-5-12-20(16)24(21)31(30-23)19-10-2-1-3-11-19/h1-12,14,22H,13H2,(H,29,33). The average molecular weight is 453 g/mol. The fourth-order valence-corrected chi connectivity index (χ4v) is 4.29. The smallest absolute Gasteiger partial charge is 0.249 e. The molecule has 1 unspecified atom stereocenters. The van der Waals surface area contributed by atoms with E-state index in [-0.39, 0.29) is 5.69 Å². The zero-order valence-electron chi connectivity index (χ0n) is 17.3. The molecule has 1 aliphatic rings. The van der Waals surface area contributed by atoms with Crippen molar-refractivity contribution in [2.24, 2.45) is 5.92 Å². The molecular formula is C26H17ClN4O2. The van der Waals surface area contributed by atoms with E-state index in [2.05, 4.69) is 10.4 Å². The fraction of sp³-hybridized carbons (Fsp3) is 0.0769. The van der Waals surface area contributed by atoms with Crippen molar-refractivity contribution >= 4 is 29.0 Å². The molecule has 1 amide bonds. The maximum Gasteiger partial charge on any atom is 0.249 e. The Labute approximate surface area is 195 Å². The lowest BCUT2D eigenvalue weighted by molar-refractivity contribution is -0.117. The number of fused-ring (bicyclic) bond motifs is 3. The van der Waals surface area contributed by atoms with Crippen molar-refractivity contribution in [2.45, 2.75) is 6.42 Å². The van der Waals surface area contributed by atoms with Crippen molar-refractivity contribution < 1.29 is 9.59 Å². The monoisotopic (exact) mass is 452 g/mol. The molecule has 160 valence electrons. The first kappa shape index (κ1) is 20.7. The minimum atomic E-state index is -1.55. The number of benzene rings is 3. The lowest BCUT2D eigenvalue weighted by Crippen LogP contribution is -2.29. The number of aromatic nitrogens is 2. The lowest BCUT2D eigenvalue weighted by Gasteiger charge is -2.10. The SMILES string of the molecule is N#CC(C(=O)Nc1cccc(Cl)c1)C(=O)c1nn(-c2ccccc2)c2c1Cc1ccccc1-2. The van der Waals surface area contributed by atoms with E-state index in [0.29, 0.717) is 17.1 Å². The van der Waals surface area contributed by atoms with E-state index >= 15 is 0 Å². The number of Topliss-reactive ketones (excluding diaryl/α,β-unsaturated/α-hetero) is 1. The van der Waals surface area contributed by atoms with Gasteiger partial charge in [-0.05, 0) is 35.9 Å². The summed E-state index contributed by atoms with van der Waals surface area (Å²) >= 11 is 5.97. The third kappa shape index (κ3) is 3.69. The molecule has 0 saturated carbocycles. The summed E-state index contributed by atoms with van der Waals surface area (Å²) in [4.78, 5) is 26.3. The maximum absolute atomic E-state index is 13.4. The number of nitrogens with zero attached hydrogens (tertiary/aromatic N) is 3. The van der Waals surface area contributed by atoms with E-state index in [4.69, 9.17) is 11.6 Å². The van der Waals surface area contributed by atoms with E-state index in [1.165, 1.54) is 0 Å². The predicted octanol–water partition coefficient (Wildman–Crippen LogP) is 5.06. The first-order chi connectivity index (χ1) is 16.1. The van der Waals surface area contributed by atoms with Crippen molar-refractivity contribution in [3.63, 3.8) is 0 Å². The highest BCUT2D eigenvalue weighted by molar-refractivity contribution is 6.31. The number of carbonyl (C=O) groups excluding carboxylic acids is 2. The normalized spacial score (nSPS) is 12.4. The van der Waals surface area contributed by atoms with Gasteiger partial charge in [0.05, 0.1) is 17.5 Å². The first-order valence-corrected chi connectivity index (χ1v) is 10.7. The molecule has 4 aromatic rings. The Morgan fingerprint density at radius 3 is 2.55 bits per heavy atom. The number of nitrogens with one attached hydrogen (secondary N) is 1. The van der Waals surface area contributed by atoms with Crippen LogP contribution in [0.15, 0.2) is 78.9 Å². The summed E-state index contributed by atoms with van der Waals surface area (Å²) in [5, 5.41) is 17.3. The highest BCUT2D eigenvalue weighted by Gasteiger charge is 2.36. The molecule has 3 aromatic carbocycles. The number of anilines is 1. The van der Waals surface area contributed by atoms with E-state index in [9.17, 15) is 14.9 Å². The first-order valence-electron chi connectivity index (χ1n) is 10.3. The van der Waals surface area contributed by atoms with E-state index in [0.717, 1.165) is 28.1 Å². The number of para-hydroxylation sites is 1. The van der Waals surface area contributed by atoms with Crippen LogP contribution in [0.1, 0.15) is 21.6 Å². The van der Waals surface area contributed by atoms with Gasteiger partial charge in [-0.3, -0.25) is 9.59 Å². The van der Waals surface area contributed by atoms with Gasteiger partial charge in [0, 0.05) is 28.3 Å². The van der Waals surface area contributed by atoms with Gasteiger partial charge in [0.25, 0.3) is 0 Å². The summed E-state index contributed by atoms with van der Waals surface area (Å²) in [5.41, 5.74) is 4.93. The quantitative estimate of drug-likeness (QED) is 0.298. The summed E-state index contributed by atoms with van der Waals surface area (Å²) in [7, 11) is 0. The lowest BCUT2D eigenvalue weighted by atomic mass is 9.98. The molecular weight excluding hydrogens is 436 g/mol. The van der Waals surface area contributed by atoms with Crippen LogP contribution in [0.4, 0.5) is 5.69 Å². The number of carbonyl (C=O) groups is 2. The molecule has 0 spiro atoms. The molecule has 5 rings (SSSR count). The summed E-state index contributed by atoms with van der Waals surface area (Å²) in [6, 6.07) is 25.8. The van der Waals surface area contributed by atoms with Gasteiger partial charge in [-0.2, -0.15) is 10.4 Å². The third-order valence-electron chi connectivity index (χ3n) is 5.60. The number of ketones is 1. The Morgan fingerprint density at radius 2 is 1.79 bits per heavy atom. The van der Waals surface area contributed by atoms with Gasteiger partial charge < -0.3 is 5.32 Å². The minimum Gasteiger partial charge on any atom is -0.324 e. The van der Waals surface area contributed by atoms with Crippen LogP contribution < -0.4 is 5.32 Å². The number of hydrogen-bond acceptors (Lipinski definition) is 4. The van der Waals surface area contributed by atoms with Gasteiger partial charge >= 0.3 is 0 Å². The summed E-state index contributed by atoms with van der Waals surface area (Å²) < 4.78 is 1.72. The second-order valence-corrected chi connectivity index (χ2v) is 8.12. The van der Waals surface area contributed by atoms with Crippen molar-refractivity contribution in [3.8, 4) is 23.0 Å². The Hall–Kier alpha value is -4.21. The van der Waals surface area contributed by atoms with Crippen LogP contribution in [0, 0.1) is 17.2 Å². The second-order valence-electron chi connectivity index (χ2n) is 7.68. The molecule has 6 nitrogen and oxygen atoms in total. The topological polar surface area (TPSA) is 87.8 Å². The molecule has 1 N–H and O–H groups in total. The third-order valence-corrected chi connectivity index (χ3v) is 5.84. The van der Waals surface area contributed by atoms with Crippen molar-refractivity contribution in [1.29, 1.82) is 5.26 Å². The molecule has 0 saturated heterocycles. The molecule has 0 bridgehead atoms. The van der Waals surface area contributed by atoms with Crippen LogP contribution in [0.25, 0.3) is 16.9 Å². The second kappa shape index (κ2) is 8.38. The molecule has 1 heterocycles. The molecule has 1 aromatic heterocycles. The van der Waals surface area contributed by atoms with Crippen LogP contribution in [0.5, 0.6) is 0 Å². The van der Waals surface area contributed by atoms with Crippen LogP contribution in [0.3, 0.4) is 0 Å². The van der Waals surface area contributed by atoms with Crippen molar-refractivity contribution in [3.05, 3.63) is 101 Å². The number of halogens is 1. The van der Waals surface area contributed by atoms with Gasteiger partial charge in [0.15, 0.2) is 5.92 Å². The van der Waals surface area contributed by atoms with Crippen molar-refractivity contribution in [1.82, 2.24) is 9.78 Å². The number of nitriles is 1. The number of rotatable bonds is 5. The summed E-state index contributed by atoms with van der Waals surface area (Å²) in [5.74, 6) is -2.89. The molecule has 33 heavy (non-hydrogen) atoms. The van der Waals surface area contributed by atoms with E-state index < -0.39 is 17.6 Å². The highest BCUT2D eigenvalue weighted by atomic mass is 35.5. The summed E-state index contributed by atoms with van der Waals surface area (Å²) in [6.45, 7) is 0. The molecule has 1 atom stereocenters. The predicted molar refractivity (Wildman–Crippen MR) is 125 cm³/mol. The Morgan fingerprint density at radius 1 is 1.03 bits per heavy atom. The zero-order chi connectivity index (χ0) is 22.9. The van der Waals surface area contributed by atoms with Crippen molar-refractivity contribution in [2.75, 3.05) is 5.32 Å². The maximum atomic E-state index is 13.4. The van der Waals surface area contributed by atoms with E-state index in [1.807, 2.05) is 60.7 Å². The van der Waals surface area contributed by atoms with E-state index in [1.54, 1.807) is 28.9 Å². The van der Waals surface area contributed by atoms with Gasteiger partial charge in [0.1, 0.15) is 5.69 Å². The molecule has 0 aliphatic heterocycles. The van der Waals surface area contributed by atoms with Crippen LogP contribution in [-0.4, -0.2) is 21.5 Å². The highest BCUT2D eigenvalue weighted by Crippen LogP contribution is 2.40. The largest absolute Gasteiger partial charge is 0.324 e. The number of amides is 1. The van der Waals surface area contributed by atoms with Gasteiger partial charge in [-0.1, -0.05) is 60.1 Å². The van der Waals surface area contributed by atoms with Crippen LogP contribution in [0.2, 0.25) is 5.02 Å². The average Bonchev–Trinajstić information content (AvgIpc) is 3.37. The minimum absolute atomic E-state index is 0.137. The molecule has 0 radical (unpaired) electrons. The summed E-state index contributed by atoms with van der Waals surface area (Å²) in [6.07, 6.45) is 0.507. The molecule has 0 fully saturated rings. The van der Waals surface area contributed by atoms with Gasteiger partial charge in [0.2, 0.25) is 11.7 Å². The fourth-order valence-electron chi connectivity index (χ4n) is 4.10. The van der Waals surface area contributed by atoms with Gasteiger partial charge in [-0.15, -0.1) is 0 Å². The molecule has 1 aliphatic carbocycles. The Bertz CT molecular complexity index is 1440.